The smallest absolute Gasteiger partial charge is 0.337 e. The van der Waals surface area contributed by atoms with Gasteiger partial charge in [-0.25, -0.2) is 10.2 Å². The summed E-state index contributed by atoms with van der Waals surface area (Å²) in [6, 6.07) is 6.59. The molecule has 9 heteroatoms. The lowest BCUT2D eigenvalue weighted by atomic mass is 9.89. The Morgan fingerprint density at radius 1 is 1.30 bits per heavy atom. The molecule has 8 nitrogen and oxygen atoms in total. The van der Waals surface area contributed by atoms with E-state index in [2.05, 4.69) is 16.2 Å². The summed E-state index contributed by atoms with van der Waals surface area (Å²) in [5.41, 5.74) is 6.24. The molecule has 2 heterocycles. The zero-order valence-corrected chi connectivity index (χ0v) is 16.1. The fourth-order valence-electron chi connectivity index (χ4n) is 3.46. The van der Waals surface area contributed by atoms with Crippen molar-refractivity contribution >= 4 is 28.4 Å². The first-order chi connectivity index (χ1) is 13.0. The number of urea groups is 1. The summed E-state index contributed by atoms with van der Waals surface area (Å²) in [4.78, 5) is 24.2. The molecule has 0 aromatic heterocycles. The number of carbonyl (C=O) groups excluding carboxylic acids is 2. The molecule has 0 spiro atoms. The van der Waals surface area contributed by atoms with Gasteiger partial charge in [0.05, 0.1) is 24.7 Å². The van der Waals surface area contributed by atoms with Gasteiger partial charge >= 0.3 is 6.03 Å². The number of amides is 3. The number of hydrogen-bond donors (Lipinski definition) is 3. The van der Waals surface area contributed by atoms with E-state index in [1.54, 1.807) is 25.3 Å². The number of benzene rings is 1. The third kappa shape index (κ3) is 5.50. The Hall–Kier alpha value is -1.97. The van der Waals surface area contributed by atoms with Crippen molar-refractivity contribution in [2.24, 2.45) is 5.92 Å². The SMILES string of the molecule is COCCS(=O)Cc1cccc(NC(=O)NNC(=O)C2CC3CCC2O3)c1. The second kappa shape index (κ2) is 9.29. The van der Waals surface area contributed by atoms with Gasteiger partial charge in [-0.1, -0.05) is 12.1 Å². The van der Waals surface area contributed by atoms with Crippen LogP contribution in [-0.2, 0) is 30.8 Å². The first-order valence-electron chi connectivity index (χ1n) is 9.00. The summed E-state index contributed by atoms with van der Waals surface area (Å²) in [5, 5.41) is 2.66. The zero-order chi connectivity index (χ0) is 19.2. The van der Waals surface area contributed by atoms with Crippen molar-refractivity contribution in [2.75, 3.05) is 24.8 Å². The number of nitrogens with one attached hydrogen (secondary N) is 3. The van der Waals surface area contributed by atoms with Gasteiger partial charge in [0.2, 0.25) is 5.91 Å². The van der Waals surface area contributed by atoms with E-state index in [1.165, 1.54) is 0 Å². The van der Waals surface area contributed by atoms with Crippen molar-refractivity contribution in [1.29, 1.82) is 0 Å². The van der Waals surface area contributed by atoms with E-state index in [0.29, 0.717) is 30.2 Å². The first kappa shape index (κ1) is 19.8. The van der Waals surface area contributed by atoms with Gasteiger partial charge in [-0.3, -0.25) is 14.4 Å². The van der Waals surface area contributed by atoms with Gasteiger partial charge < -0.3 is 14.8 Å². The van der Waals surface area contributed by atoms with Gasteiger partial charge in [0.1, 0.15) is 0 Å². The second-order valence-corrected chi connectivity index (χ2v) is 8.34. The lowest BCUT2D eigenvalue weighted by Gasteiger charge is -2.18. The van der Waals surface area contributed by atoms with Crippen LogP contribution in [0.5, 0.6) is 0 Å². The van der Waals surface area contributed by atoms with Crippen molar-refractivity contribution in [3.8, 4) is 0 Å². The summed E-state index contributed by atoms with van der Waals surface area (Å²) < 4.78 is 22.5. The van der Waals surface area contributed by atoms with E-state index < -0.39 is 16.8 Å². The monoisotopic (exact) mass is 395 g/mol. The van der Waals surface area contributed by atoms with Gasteiger partial charge in [-0.2, -0.15) is 0 Å². The molecule has 1 aromatic rings. The van der Waals surface area contributed by atoms with E-state index in [4.69, 9.17) is 9.47 Å². The molecule has 3 rings (SSSR count). The topological polar surface area (TPSA) is 106 Å². The van der Waals surface area contributed by atoms with Crippen LogP contribution in [0.4, 0.5) is 10.5 Å². The standard InChI is InChI=1S/C18H25N3O5S/c1-25-7-8-27(24)11-12-3-2-4-13(9-12)19-18(23)21-20-17(22)15-10-14-5-6-16(15)26-14/h2-4,9,14-16H,5-8,10-11H2,1H3,(H,20,22)(H2,19,21,23). The Bertz CT molecular complexity index is 714. The van der Waals surface area contributed by atoms with E-state index in [9.17, 15) is 13.8 Å². The molecule has 2 bridgehead atoms. The van der Waals surface area contributed by atoms with Gasteiger partial charge in [-0.05, 0) is 37.0 Å². The van der Waals surface area contributed by atoms with Crippen molar-refractivity contribution in [3.05, 3.63) is 29.8 Å². The van der Waals surface area contributed by atoms with Crippen LogP contribution >= 0.6 is 0 Å². The Morgan fingerprint density at radius 2 is 2.15 bits per heavy atom. The number of fused-ring (bicyclic) bond motifs is 2. The lowest BCUT2D eigenvalue weighted by molar-refractivity contribution is -0.127. The molecule has 1 aromatic carbocycles. The highest BCUT2D eigenvalue weighted by Gasteiger charge is 2.44. The maximum atomic E-state index is 12.2. The summed E-state index contributed by atoms with van der Waals surface area (Å²) in [6.07, 6.45) is 2.76. The van der Waals surface area contributed by atoms with Gasteiger partial charge in [0.15, 0.2) is 0 Å². The normalized spacial score (nSPS) is 24.4. The van der Waals surface area contributed by atoms with Crippen LogP contribution in [-0.4, -0.2) is 47.8 Å². The summed E-state index contributed by atoms with van der Waals surface area (Å²) in [6.45, 7) is 0.445. The molecule has 4 unspecified atom stereocenters. The minimum atomic E-state index is -1.03. The molecule has 0 saturated carbocycles. The van der Waals surface area contributed by atoms with Crippen LogP contribution in [0, 0.1) is 5.92 Å². The molecular weight excluding hydrogens is 370 g/mol. The average Bonchev–Trinajstić information content (AvgIpc) is 3.28. The van der Waals surface area contributed by atoms with E-state index >= 15 is 0 Å². The largest absolute Gasteiger partial charge is 0.384 e. The number of methoxy groups -OCH3 is 1. The highest BCUT2D eigenvalue weighted by molar-refractivity contribution is 7.84. The van der Waals surface area contributed by atoms with Crippen LogP contribution in [0.25, 0.3) is 0 Å². The third-order valence-corrected chi connectivity index (χ3v) is 6.05. The Labute approximate surface area is 160 Å². The molecule has 0 aliphatic carbocycles. The Balaban J connectivity index is 1.44. The number of rotatable bonds is 7. The Kier molecular flexibility index (Phi) is 6.81. The molecule has 0 radical (unpaired) electrons. The molecule has 3 amide bonds. The minimum absolute atomic E-state index is 0.0319. The van der Waals surface area contributed by atoms with E-state index in [-0.39, 0.29) is 24.0 Å². The maximum absolute atomic E-state index is 12.2. The molecule has 4 atom stereocenters. The lowest BCUT2D eigenvalue weighted by Crippen LogP contribution is -2.48. The molecule has 148 valence electrons. The van der Waals surface area contributed by atoms with Gasteiger partial charge in [0, 0.05) is 35.1 Å². The predicted octanol–water partition coefficient (Wildman–Crippen LogP) is 1.30. The molecule has 2 aliphatic rings. The highest BCUT2D eigenvalue weighted by atomic mass is 32.2. The van der Waals surface area contributed by atoms with E-state index in [0.717, 1.165) is 18.4 Å². The first-order valence-corrected chi connectivity index (χ1v) is 10.5. The molecule has 2 saturated heterocycles. The van der Waals surface area contributed by atoms with Gasteiger partial charge in [-0.15, -0.1) is 0 Å². The maximum Gasteiger partial charge on any atom is 0.337 e. The van der Waals surface area contributed by atoms with Crippen molar-refractivity contribution in [2.45, 2.75) is 37.2 Å². The van der Waals surface area contributed by atoms with Gasteiger partial charge in [0.25, 0.3) is 0 Å². The van der Waals surface area contributed by atoms with Crippen molar-refractivity contribution in [3.63, 3.8) is 0 Å². The van der Waals surface area contributed by atoms with Crippen LogP contribution < -0.4 is 16.2 Å². The molecule has 3 N–H and O–H groups in total. The van der Waals surface area contributed by atoms with Crippen LogP contribution in [0.3, 0.4) is 0 Å². The zero-order valence-electron chi connectivity index (χ0n) is 15.2. The molecule has 2 fully saturated rings. The second-order valence-electron chi connectivity index (χ2n) is 6.77. The fourth-order valence-corrected chi connectivity index (χ4v) is 4.51. The quantitative estimate of drug-likeness (QED) is 0.604. The molecule has 2 aliphatic heterocycles. The van der Waals surface area contributed by atoms with Crippen molar-refractivity contribution in [1.82, 2.24) is 10.9 Å². The van der Waals surface area contributed by atoms with Crippen molar-refractivity contribution < 1.29 is 23.3 Å². The molecular formula is C18H25N3O5S. The minimum Gasteiger partial charge on any atom is -0.384 e. The van der Waals surface area contributed by atoms with E-state index in [1.807, 2.05) is 6.07 Å². The van der Waals surface area contributed by atoms with Crippen LogP contribution in [0.15, 0.2) is 24.3 Å². The highest BCUT2D eigenvalue weighted by Crippen LogP contribution is 2.38. The number of anilines is 1. The average molecular weight is 395 g/mol. The fraction of sp³-hybridized carbons (Fsp3) is 0.556. The summed E-state index contributed by atoms with van der Waals surface area (Å²) in [7, 11) is 0.547. The summed E-state index contributed by atoms with van der Waals surface area (Å²) in [5.74, 6) is 0.434. The number of hydrogen-bond acceptors (Lipinski definition) is 5. The number of ether oxygens (including phenoxy) is 2. The molecule has 27 heavy (non-hydrogen) atoms. The third-order valence-electron chi connectivity index (χ3n) is 4.77. The van der Waals surface area contributed by atoms with Crippen LogP contribution in [0.2, 0.25) is 0 Å². The number of hydrazine groups is 1. The predicted molar refractivity (Wildman–Crippen MR) is 101 cm³/mol. The summed E-state index contributed by atoms with van der Waals surface area (Å²) >= 11 is 0. The number of carbonyl (C=O) groups is 2. The Morgan fingerprint density at radius 3 is 2.85 bits per heavy atom. The van der Waals surface area contributed by atoms with Crippen LogP contribution in [0.1, 0.15) is 24.8 Å².